The van der Waals surface area contributed by atoms with Crippen LogP contribution in [0.25, 0.3) is 0 Å². The second-order valence-corrected chi connectivity index (χ2v) is 7.23. The SMILES string of the molecule is NS(=O)(=O)c1ccc(CCNC(=O)CCCOc2ccccc2F)cc1. The van der Waals surface area contributed by atoms with Gasteiger partial charge in [0.15, 0.2) is 11.6 Å². The van der Waals surface area contributed by atoms with Crippen LogP contribution in [0, 0.1) is 5.82 Å². The fraction of sp³-hybridized carbons (Fsp3) is 0.278. The van der Waals surface area contributed by atoms with Crippen LogP contribution < -0.4 is 15.2 Å². The number of sulfonamides is 1. The zero-order valence-corrected chi connectivity index (χ0v) is 15.0. The van der Waals surface area contributed by atoms with Crippen LogP contribution in [-0.4, -0.2) is 27.5 Å². The Morgan fingerprint density at radius 3 is 2.46 bits per heavy atom. The first kappa shape index (κ1) is 19.9. The molecule has 0 aliphatic rings. The fourth-order valence-electron chi connectivity index (χ4n) is 2.26. The second kappa shape index (κ2) is 9.30. The summed E-state index contributed by atoms with van der Waals surface area (Å²) in [7, 11) is -3.69. The lowest BCUT2D eigenvalue weighted by Crippen LogP contribution is -2.25. The molecule has 3 N–H and O–H groups in total. The van der Waals surface area contributed by atoms with Gasteiger partial charge in [-0.1, -0.05) is 24.3 Å². The van der Waals surface area contributed by atoms with Gasteiger partial charge < -0.3 is 10.1 Å². The molecule has 26 heavy (non-hydrogen) atoms. The Hall–Kier alpha value is -2.45. The summed E-state index contributed by atoms with van der Waals surface area (Å²) in [5.41, 5.74) is 0.889. The van der Waals surface area contributed by atoms with Crippen LogP contribution in [0.1, 0.15) is 18.4 Å². The zero-order chi connectivity index (χ0) is 19.0. The van der Waals surface area contributed by atoms with E-state index in [1.54, 1.807) is 24.3 Å². The Bertz CT molecular complexity index is 839. The number of halogens is 1. The first-order chi connectivity index (χ1) is 12.4. The summed E-state index contributed by atoms with van der Waals surface area (Å²) in [5, 5.41) is 7.81. The third-order valence-electron chi connectivity index (χ3n) is 3.63. The highest BCUT2D eigenvalue weighted by molar-refractivity contribution is 7.89. The topological polar surface area (TPSA) is 98.5 Å². The molecule has 0 fully saturated rings. The fourth-order valence-corrected chi connectivity index (χ4v) is 2.77. The lowest BCUT2D eigenvalue weighted by Gasteiger charge is -2.08. The molecule has 0 spiro atoms. The predicted octanol–water partition coefficient (Wildman–Crippen LogP) is 1.99. The van der Waals surface area contributed by atoms with Crippen LogP contribution in [-0.2, 0) is 21.2 Å². The van der Waals surface area contributed by atoms with Gasteiger partial charge in [0.25, 0.3) is 0 Å². The monoisotopic (exact) mass is 380 g/mol. The number of hydrogen-bond acceptors (Lipinski definition) is 4. The average Bonchev–Trinajstić information content (AvgIpc) is 2.60. The molecule has 0 saturated carbocycles. The molecule has 1 amide bonds. The van der Waals surface area contributed by atoms with Crippen molar-refractivity contribution in [3.63, 3.8) is 0 Å². The van der Waals surface area contributed by atoms with Crippen molar-refractivity contribution in [1.82, 2.24) is 5.32 Å². The normalized spacial score (nSPS) is 11.2. The summed E-state index contributed by atoms with van der Waals surface area (Å²) in [6.07, 6.45) is 1.32. The van der Waals surface area contributed by atoms with Gasteiger partial charge in [-0.2, -0.15) is 0 Å². The molecule has 0 aliphatic carbocycles. The summed E-state index contributed by atoms with van der Waals surface area (Å²) in [4.78, 5) is 11.8. The third-order valence-corrected chi connectivity index (χ3v) is 4.56. The second-order valence-electron chi connectivity index (χ2n) is 5.67. The van der Waals surface area contributed by atoms with Crippen molar-refractivity contribution in [2.45, 2.75) is 24.2 Å². The first-order valence-electron chi connectivity index (χ1n) is 8.12. The van der Waals surface area contributed by atoms with Gasteiger partial charge in [-0.25, -0.2) is 17.9 Å². The minimum absolute atomic E-state index is 0.0557. The van der Waals surface area contributed by atoms with Crippen LogP contribution in [0.5, 0.6) is 5.75 Å². The number of amides is 1. The van der Waals surface area contributed by atoms with Crippen LogP contribution in [0.3, 0.4) is 0 Å². The van der Waals surface area contributed by atoms with E-state index in [1.807, 2.05) is 0 Å². The first-order valence-corrected chi connectivity index (χ1v) is 9.66. The van der Waals surface area contributed by atoms with Crippen molar-refractivity contribution >= 4 is 15.9 Å². The highest BCUT2D eigenvalue weighted by Gasteiger charge is 2.07. The van der Waals surface area contributed by atoms with Crippen molar-refractivity contribution in [3.8, 4) is 5.75 Å². The average molecular weight is 380 g/mol. The Balaban J connectivity index is 1.64. The van der Waals surface area contributed by atoms with Crippen molar-refractivity contribution in [3.05, 3.63) is 59.9 Å². The predicted molar refractivity (Wildman–Crippen MR) is 95.7 cm³/mol. The molecule has 0 saturated heterocycles. The minimum Gasteiger partial charge on any atom is -0.491 e. The summed E-state index contributed by atoms with van der Waals surface area (Å²) >= 11 is 0. The Morgan fingerprint density at radius 1 is 1.12 bits per heavy atom. The Morgan fingerprint density at radius 2 is 1.81 bits per heavy atom. The van der Waals surface area contributed by atoms with Gasteiger partial charge in [0.1, 0.15) is 0 Å². The summed E-state index contributed by atoms with van der Waals surface area (Å²) < 4.78 is 41.0. The number of nitrogens with two attached hydrogens (primary N) is 1. The van der Waals surface area contributed by atoms with Gasteiger partial charge in [-0.15, -0.1) is 0 Å². The number of benzene rings is 2. The van der Waals surface area contributed by atoms with Crippen molar-refractivity contribution < 1.29 is 22.3 Å². The van der Waals surface area contributed by atoms with E-state index in [-0.39, 0.29) is 29.6 Å². The molecule has 0 heterocycles. The van der Waals surface area contributed by atoms with E-state index in [2.05, 4.69) is 5.32 Å². The molecule has 0 unspecified atom stereocenters. The van der Waals surface area contributed by atoms with Gasteiger partial charge in [0.05, 0.1) is 11.5 Å². The zero-order valence-electron chi connectivity index (χ0n) is 14.2. The standard InChI is InChI=1S/C18H21FN2O4S/c19-16-4-1-2-5-17(16)25-13-3-6-18(22)21-12-11-14-7-9-15(10-8-14)26(20,23)24/h1-2,4-5,7-10H,3,6,11-13H2,(H,21,22)(H2,20,23,24). The molecular weight excluding hydrogens is 359 g/mol. The maximum atomic E-state index is 13.3. The molecule has 140 valence electrons. The van der Waals surface area contributed by atoms with Crippen molar-refractivity contribution in [2.24, 2.45) is 5.14 Å². The molecule has 2 aromatic carbocycles. The Labute approximate surface area is 152 Å². The molecule has 0 radical (unpaired) electrons. The minimum atomic E-state index is -3.69. The Kier molecular flexibility index (Phi) is 7.11. The molecule has 0 aliphatic heterocycles. The van der Waals surface area contributed by atoms with Gasteiger partial charge in [0, 0.05) is 13.0 Å². The smallest absolute Gasteiger partial charge is 0.238 e. The van der Waals surface area contributed by atoms with Crippen LogP contribution in [0.4, 0.5) is 4.39 Å². The van der Waals surface area contributed by atoms with E-state index < -0.39 is 15.8 Å². The number of carbonyl (C=O) groups excluding carboxylic acids is 1. The van der Waals surface area contributed by atoms with Crippen LogP contribution >= 0.6 is 0 Å². The molecule has 8 heteroatoms. The number of hydrogen-bond donors (Lipinski definition) is 2. The molecule has 0 aromatic heterocycles. The summed E-state index contributed by atoms with van der Waals surface area (Å²) in [5.74, 6) is -0.371. The van der Waals surface area contributed by atoms with E-state index in [0.717, 1.165) is 5.56 Å². The van der Waals surface area contributed by atoms with Gasteiger partial charge in [-0.3, -0.25) is 4.79 Å². The van der Waals surface area contributed by atoms with Gasteiger partial charge in [0.2, 0.25) is 15.9 Å². The number of ether oxygens (including phenoxy) is 1. The van der Waals surface area contributed by atoms with Crippen LogP contribution in [0.15, 0.2) is 53.4 Å². The number of primary sulfonamides is 1. The largest absolute Gasteiger partial charge is 0.491 e. The van der Waals surface area contributed by atoms with E-state index in [9.17, 15) is 17.6 Å². The van der Waals surface area contributed by atoms with Crippen molar-refractivity contribution in [2.75, 3.05) is 13.2 Å². The van der Waals surface area contributed by atoms with Gasteiger partial charge in [-0.05, 0) is 42.7 Å². The van der Waals surface area contributed by atoms with E-state index in [4.69, 9.17) is 9.88 Å². The maximum Gasteiger partial charge on any atom is 0.238 e. The molecule has 0 bridgehead atoms. The highest BCUT2D eigenvalue weighted by Crippen LogP contribution is 2.15. The highest BCUT2D eigenvalue weighted by atomic mass is 32.2. The lowest BCUT2D eigenvalue weighted by atomic mass is 10.1. The molecule has 0 atom stereocenters. The molecule has 6 nitrogen and oxygen atoms in total. The van der Waals surface area contributed by atoms with Crippen molar-refractivity contribution in [1.29, 1.82) is 0 Å². The molecular formula is C18H21FN2O4S. The summed E-state index contributed by atoms with van der Waals surface area (Å²) in [6, 6.07) is 12.3. The number of nitrogens with one attached hydrogen (secondary N) is 1. The van der Waals surface area contributed by atoms with Gasteiger partial charge >= 0.3 is 0 Å². The summed E-state index contributed by atoms with van der Waals surface area (Å²) in [6.45, 7) is 0.686. The third kappa shape index (κ3) is 6.45. The quantitative estimate of drug-likeness (QED) is 0.650. The molecule has 2 rings (SSSR count). The van der Waals surface area contributed by atoms with E-state index >= 15 is 0 Å². The van der Waals surface area contributed by atoms with E-state index in [0.29, 0.717) is 19.4 Å². The van der Waals surface area contributed by atoms with E-state index in [1.165, 1.54) is 24.3 Å². The van der Waals surface area contributed by atoms with Crippen LogP contribution in [0.2, 0.25) is 0 Å². The molecule has 2 aromatic rings. The number of para-hydroxylation sites is 1. The lowest BCUT2D eigenvalue weighted by molar-refractivity contribution is -0.121. The maximum absolute atomic E-state index is 13.3. The number of carbonyl (C=O) groups is 1. The number of rotatable bonds is 9.